The van der Waals surface area contributed by atoms with Crippen molar-refractivity contribution in [3.8, 4) is 22.3 Å². The zero-order valence-corrected chi connectivity index (χ0v) is 26.4. The maximum absolute atomic E-state index is 13.6. The number of nitrogens with one attached hydrogen (secondary N) is 1. The van der Waals surface area contributed by atoms with Crippen molar-refractivity contribution in [2.24, 2.45) is 0 Å². The minimum absolute atomic E-state index is 0.0667. The number of aromatic nitrogens is 1. The molecule has 42 heavy (non-hydrogen) atoms. The molecule has 0 saturated heterocycles. The third-order valence-electron chi connectivity index (χ3n) is 9.02. The Labute approximate surface area is 249 Å². The average molecular weight is 570 g/mol. The average Bonchev–Trinajstić information content (AvgIpc) is 2.96. The van der Waals surface area contributed by atoms with Crippen molar-refractivity contribution < 1.29 is 4.43 Å². The number of H-pyrrole nitrogens is 1. The van der Waals surface area contributed by atoms with Crippen molar-refractivity contribution in [2.75, 3.05) is 0 Å². The predicted molar refractivity (Wildman–Crippen MR) is 182 cm³/mol. The van der Waals surface area contributed by atoms with E-state index in [4.69, 9.17) is 4.43 Å². The Kier molecular flexibility index (Phi) is 7.16. The minimum atomic E-state index is -1.87. The van der Waals surface area contributed by atoms with Crippen LogP contribution in [0.25, 0.3) is 54.7 Å². The molecule has 212 valence electrons. The van der Waals surface area contributed by atoms with Crippen LogP contribution < -0.4 is 5.56 Å². The first-order valence-electron chi connectivity index (χ1n) is 14.9. The fourth-order valence-corrected chi connectivity index (χ4v) is 7.36. The molecule has 1 heterocycles. The molecule has 1 aromatic heterocycles. The Bertz CT molecular complexity index is 1980. The lowest BCUT2D eigenvalue weighted by Crippen LogP contribution is -2.43. The van der Waals surface area contributed by atoms with E-state index in [1.165, 1.54) is 5.56 Å². The van der Waals surface area contributed by atoms with Crippen molar-refractivity contribution in [3.63, 3.8) is 0 Å². The normalized spacial score (nSPS) is 13.2. The van der Waals surface area contributed by atoms with Crippen LogP contribution in [0.4, 0.5) is 0 Å². The summed E-state index contributed by atoms with van der Waals surface area (Å²) in [5, 5.41) is 5.16. The molecule has 3 nitrogen and oxygen atoms in total. The van der Waals surface area contributed by atoms with Crippen LogP contribution in [0.2, 0.25) is 18.1 Å². The van der Waals surface area contributed by atoms with Gasteiger partial charge in [-0.1, -0.05) is 118 Å². The third-order valence-corrected chi connectivity index (χ3v) is 13.6. The fourth-order valence-electron chi connectivity index (χ4n) is 5.92. The Morgan fingerprint density at radius 2 is 1.43 bits per heavy atom. The Balaban J connectivity index is 1.57. The number of hydrogen-bond acceptors (Lipinski definition) is 2. The van der Waals surface area contributed by atoms with Gasteiger partial charge in [0.15, 0.2) is 8.32 Å². The highest BCUT2D eigenvalue weighted by atomic mass is 28.4. The molecule has 0 fully saturated rings. The zero-order valence-electron chi connectivity index (χ0n) is 25.4. The third kappa shape index (κ3) is 5.10. The van der Waals surface area contributed by atoms with Crippen LogP contribution in [0.15, 0.2) is 108 Å². The summed E-state index contributed by atoms with van der Waals surface area (Å²) in [6, 6.07) is 35.9. The number of aromatic amines is 1. The molecule has 0 amide bonds. The quantitative estimate of drug-likeness (QED) is 0.160. The van der Waals surface area contributed by atoms with Crippen molar-refractivity contribution in [3.05, 3.63) is 119 Å². The van der Waals surface area contributed by atoms with Crippen LogP contribution in [-0.4, -0.2) is 19.4 Å². The van der Waals surface area contributed by atoms with Crippen LogP contribution in [-0.2, 0) is 10.8 Å². The molecule has 0 radical (unpaired) electrons. The van der Waals surface area contributed by atoms with Gasteiger partial charge < -0.3 is 9.41 Å². The molecule has 0 aliphatic heterocycles. The summed E-state index contributed by atoms with van der Waals surface area (Å²) in [7, 11) is -1.87. The second kappa shape index (κ2) is 10.7. The molecule has 0 spiro atoms. The molecule has 6 aromatic rings. The van der Waals surface area contributed by atoms with Crippen LogP contribution >= 0.6 is 0 Å². The topological polar surface area (TPSA) is 42.1 Å². The first-order chi connectivity index (χ1) is 20.0. The second-order valence-corrected chi connectivity index (χ2v) is 17.8. The minimum Gasteiger partial charge on any atom is -0.414 e. The predicted octanol–water partition coefficient (Wildman–Crippen LogP) is 10.1. The molecule has 4 heteroatoms. The van der Waals surface area contributed by atoms with E-state index in [1.807, 2.05) is 30.3 Å². The Morgan fingerprint density at radius 3 is 2.19 bits per heavy atom. The molecule has 0 unspecified atom stereocenters. The molecule has 0 bridgehead atoms. The van der Waals surface area contributed by atoms with Gasteiger partial charge in [-0.2, -0.15) is 0 Å². The van der Waals surface area contributed by atoms with Crippen LogP contribution in [0.1, 0.15) is 33.3 Å². The maximum Gasteiger partial charge on any atom is 0.256 e. The van der Waals surface area contributed by atoms with Gasteiger partial charge in [0, 0.05) is 27.8 Å². The van der Waals surface area contributed by atoms with E-state index in [9.17, 15) is 4.79 Å². The van der Waals surface area contributed by atoms with E-state index < -0.39 is 8.32 Å². The highest BCUT2D eigenvalue weighted by molar-refractivity contribution is 6.74. The first-order valence-corrected chi connectivity index (χ1v) is 17.8. The smallest absolute Gasteiger partial charge is 0.256 e. The van der Waals surface area contributed by atoms with E-state index >= 15 is 0 Å². The van der Waals surface area contributed by atoms with Gasteiger partial charge in [-0.05, 0) is 70.6 Å². The molecular weight excluding hydrogens is 531 g/mol. The number of fused-ring (bicyclic) bond motifs is 5. The lowest BCUT2D eigenvalue weighted by molar-refractivity contribution is 0.199. The first kappa shape index (κ1) is 28.1. The van der Waals surface area contributed by atoms with Crippen LogP contribution in [0.3, 0.4) is 0 Å². The van der Waals surface area contributed by atoms with Gasteiger partial charge in [0.25, 0.3) is 5.56 Å². The molecular formula is C38H39NO2Si. The molecule has 5 aromatic carbocycles. The Morgan fingerprint density at radius 1 is 0.738 bits per heavy atom. The van der Waals surface area contributed by atoms with Crippen LogP contribution in [0, 0.1) is 0 Å². The van der Waals surface area contributed by atoms with Gasteiger partial charge in [0.05, 0.1) is 5.52 Å². The number of benzene rings is 5. The lowest BCUT2D eigenvalue weighted by Gasteiger charge is -2.38. The summed E-state index contributed by atoms with van der Waals surface area (Å²) in [5.41, 5.74) is 6.40. The standard InChI is InChI=1S/C38H39NO2Si/c1-25(41-42(5,6)38(2,3)4)23-26-13-12-17-29(24-26)31-21-22-32(27-14-8-7-9-15-27)36-35(31)34-30-18-11-10-16-28(30)19-20-33(34)37(40)39-36/h7-22,24-25H,23H2,1-6H3,(H,39,40)/t25-/m0/s1. The molecule has 1 atom stereocenters. The van der Waals surface area contributed by atoms with E-state index in [-0.39, 0.29) is 16.7 Å². The van der Waals surface area contributed by atoms with Crippen molar-refractivity contribution >= 4 is 40.8 Å². The molecule has 0 saturated carbocycles. The van der Waals surface area contributed by atoms with E-state index in [0.717, 1.165) is 55.7 Å². The highest BCUT2D eigenvalue weighted by Gasteiger charge is 2.38. The lowest BCUT2D eigenvalue weighted by atomic mass is 9.89. The number of pyridine rings is 1. The molecule has 6 rings (SSSR count). The number of hydrogen-bond donors (Lipinski definition) is 1. The Hall–Kier alpha value is -3.99. The summed E-state index contributed by atoms with van der Waals surface area (Å²) in [6.45, 7) is 13.7. The van der Waals surface area contributed by atoms with Gasteiger partial charge in [-0.15, -0.1) is 0 Å². The summed E-state index contributed by atoms with van der Waals surface area (Å²) in [5.74, 6) is 0. The molecule has 0 aliphatic carbocycles. The molecule has 0 aliphatic rings. The summed E-state index contributed by atoms with van der Waals surface area (Å²) in [6.07, 6.45) is 0.973. The van der Waals surface area contributed by atoms with Crippen LogP contribution in [0.5, 0.6) is 0 Å². The van der Waals surface area contributed by atoms with Crippen molar-refractivity contribution in [2.45, 2.75) is 58.4 Å². The van der Waals surface area contributed by atoms with Gasteiger partial charge >= 0.3 is 0 Å². The van der Waals surface area contributed by atoms with E-state index in [2.05, 4.69) is 119 Å². The van der Waals surface area contributed by atoms with E-state index in [0.29, 0.717) is 5.39 Å². The molecule has 1 N–H and O–H groups in total. The van der Waals surface area contributed by atoms with Gasteiger partial charge in [-0.3, -0.25) is 4.79 Å². The summed E-state index contributed by atoms with van der Waals surface area (Å²) < 4.78 is 6.70. The number of rotatable bonds is 6. The summed E-state index contributed by atoms with van der Waals surface area (Å²) >= 11 is 0. The van der Waals surface area contributed by atoms with Crippen molar-refractivity contribution in [1.29, 1.82) is 0 Å². The largest absolute Gasteiger partial charge is 0.414 e. The second-order valence-electron chi connectivity index (χ2n) is 13.0. The highest BCUT2D eigenvalue weighted by Crippen LogP contribution is 2.41. The SMILES string of the molecule is C[C@@H](Cc1cccc(-c2ccc(-c3ccccc3)c3[nH]c(=O)c4ccc5ccccc5c4c23)c1)O[Si](C)(C)C(C)(C)C. The van der Waals surface area contributed by atoms with E-state index in [1.54, 1.807) is 0 Å². The summed E-state index contributed by atoms with van der Waals surface area (Å²) in [4.78, 5) is 16.9. The fraction of sp³-hybridized carbons (Fsp3) is 0.237. The van der Waals surface area contributed by atoms with Gasteiger partial charge in [0.2, 0.25) is 0 Å². The monoisotopic (exact) mass is 569 g/mol. The van der Waals surface area contributed by atoms with Gasteiger partial charge in [-0.25, -0.2) is 0 Å². The van der Waals surface area contributed by atoms with Gasteiger partial charge in [0.1, 0.15) is 0 Å². The maximum atomic E-state index is 13.6. The van der Waals surface area contributed by atoms with Crippen molar-refractivity contribution in [1.82, 2.24) is 4.98 Å². The zero-order chi connectivity index (χ0) is 29.6.